The quantitative estimate of drug-likeness (QED) is 0.306. The standard InChI is InChI=1S/C21H25N7O.HI/c1-2-22-21(23-13-19-26-25-18-9-5-6-11-28(18)19)24-14-20(29)27-12-10-16-7-3-4-8-17(16)15-27;/h3-9,11H,2,10,12-15H2,1H3,(H2,22,23,24);1H. The second kappa shape index (κ2) is 10.4. The summed E-state index contributed by atoms with van der Waals surface area (Å²) in [5, 5.41) is 14.7. The fourth-order valence-corrected chi connectivity index (χ4v) is 3.47. The molecule has 8 nitrogen and oxygen atoms in total. The van der Waals surface area contributed by atoms with E-state index in [0.29, 0.717) is 25.6 Å². The molecule has 0 bridgehead atoms. The van der Waals surface area contributed by atoms with Crippen LogP contribution in [0.3, 0.4) is 0 Å². The van der Waals surface area contributed by atoms with Crippen LogP contribution < -0.4 is 10.6 Å². The summed E-state index contributed by atoms with van der Waals surface area (Å²) in [6.45, 7) is 4.68. The van der Waals surface area contributed by atoms with Crippen LogP contribution in [-0.2, 0) is 24.3 Å². The van der Waals surface area contributed by atoms with Crippen molar-refractivity contribution in [2.24, 2.45) is 4.99 Å². The number of rotatable bonds is 5. The summed E-state index contributed by atoms with van der Waals surface area (Å²) in [5.74, 6) is 1.40. The highest BCUT2D eigenvalue weighted by Crippen LogP contribution is 2.18. The Kier molecular flexibility index (Phi) is 7.61. The first-order chi connectivity index (χ1) is 14.2. The maximum atomic E-state index is 12.7. The molecule has 0 aliphatic carbocycles. The van der Waals surface area contributed by atoms with Crippen LogP contribution >= 0.6 is 24.0 Å². The predicted octanol–water partition coefficient (Wildman–Crippen LogP) is 1.99. The van der Waals surface area contributed by atoms with Gasteiger partial charge in [-0.3, -0.25) is 9.20 Å². The first-order valence-electron chi connectivity index (χ1n) is 9.90. The van der Waals surface area contributed by atoms with Gasteiger partial charge in [-0.15, -0.1) is 34.2 Å². The number of guanidine groups is 1. The van der Waals surface area contributed by atoms with Crippen molar-refractivity contribution in [3.63, 3.8) is 0 Å². The molecule has 1 aliphatic rings. The van der Waals surface area contributed by atoms with E-state index in [9.17, 15) is 4.79 Å². The van der Waals surface area contributed by atoms with E-state index in [1.807, 2.05) is 46.7 Å². The summed E-state index contributed by atoms with van der Waals surface area (Å²) >= 11 is 0. The van der Waals surface area contributed by atoms with Gasteiger partial charge in [0.05, 0.1) is 6.54 Å². The van der Waals surface area contributed by atoms with E-state index in [2.05, 4.69) is 44.0 Å². The minimum Gasteiger partial charge on any atom is -0.357 e. The summed E-state index contributed by atoms with van der Waals surface area (Å²) in [5.41, 5.74) is 3.35. The van der Waals surface area contributed by atoms with Crippen molar-refractivity contribution >= 4 is 41.5 Å². The molecule has 158 valence electrons. The lowest BCUT2D eigenvalue weighted by molar-refractivity contribution is -0.130. The van der Waals surface area contributed by atoms with Crippen molar-refractivity contribution in [1.82, 2.24) is 30.1 Å². The normalized spacial score (nSPS) is 13.5. The number of halogens is 1. The summed E-state index contributed by atoms with van der Waals surface area (Å²) in [4.78, 5) is 19.1. The van der Waals surface area contributed by atoms with Gasteiger partial charge in [0.1, 0.15) is 6.54 Å². The Hall–Kier alpha value is -2.69. The van der Waals surface area contributed by atoms with Crippen LogP contribution in [0.5, 0.6) is 0 Å². The highest BCUT2D eigenvalue weighted by molar-refractivity contribution is 14.0. The number of amides is 1. The number of nitrogens with zero attached hydrogens (tertiary/aromatic N) is 5. The van der Waals surface area contributed by atoms with E-state index in [1.165, 1.54) is 11.1 Å². The molecular formula is C21H26IN7O. The molecule has 30 heavy (non-hydrogen) atoms. The van der Waals surface area contributed by atoms with Crippen molar-refractivity contribution in [3.05, 3.63) is 65.6 Å². The van der Waals surface area contributed by atoms with E-state index in [4.69, 9.17) is 0 Å². The van der Waals surface area contributed by atoms with Crippen molar-refractivity contribution in [1.29, 1.82) is 0 Å². The first kappa shape index (κ1) is 22.0. The molecule has 0 radical (unpaired) electrons. The zero-order valence-corrected chi connectivity index (χ0v) is 19.2. The molecule has 0 spiro atoms. The third-order valence-corrected chi connectivity index (χ3v) is 5.00. The lowest BCUT2D eigenvalue weighted by Gasteiger charge is -2.29. The number of hydrogen-bond acceptors (Lipinski definition) is 4. The van der Waals surface area contributed by atoms with Crippen LogP contribution in [0.15, 0.2) is 53.7 Å². The lowest BCUT2D eigenvalue weighted by atomic mass is 10.00. The summed E-state index contributed by atoms with van der Waals surface area (Å²) < 4.78 is 1.91. The fourth-order valence-electron chi connectivity index (χ4n) is 3.47. The molecule has 2 aromatic heterocycles. The fraction of sp³-hybridized carbons (Fsp3) is 0.333. The number of pyridine rings is 1. The van der Waals surface area contributed by atoms with Gasteiger partial charge >= 0.3 is 0 Å². The monoisotopic (exact) mass is 519 g/mol. The topological polar surface area (TPSA) is 86.9 Å². The number of benzene rings is 1. The Morgan fingerprint density at radius 1 is 1.10 bits per heavy atom. The third-order valence-electron chi connectivity index (χ3n) is 5.00. The Morgan fingerprint density at radius 3 is 2.73 bits per heavy atom. The molecule has 0 atom stereocenters. The molecule has 4 rings (SSSR count). The molecule has 2 N–H and O–H groups in total. The number of fused-ring (bicyclic) bond motifs is 2. The largest absolute Gasteiger partial charge is 0.357 e. The molecule has 1 aliphatic heterocycles. The van der Waals surface area contributed by atoms with Crippen molar-refractivity contribution in [3.8, 4) is 0 Å². The number of aromatic nitrogens is 3. The highest BCUT2D eigenvalue weighted by Gasteiger charge is 2.20. The zero-order valence-electron chi connectivity index (χ0n) is 16.9. The van der Waals surface area contributed by atoms with Crippen molar-refractivity contribution in [2.45, 2.75) is 26.4 Å². The van der Waals surface area contributed by atoms with Gasteiger partial charge in [-0.25, -0.2) is 4.99 Å². The van der Waals surface area contributed by atoms with Crippen LogP contribution in [0.1, 0.15) is 23.9 Å². The SMILES string of the molecule is CCNC(=NCc1nnc2ccccn12)NCC(=O)N1CCc2ccccc2C1.I. The van der Waals surface area contributed by atoms with E-state index in [0.717, 1.165) is 24.4 Å². The predicted molar refractivity (Wildman–Crippen MR) is 127 cm³/mol. The van der Waals surface area contributed by atoms with Gasteiger partial charge < -0.3 is 15.5 Å². The minimum atomic E-state index is 0. The molecule has 3 heterocycles. The number of aliphatic imine (C=N–C) groups is 1. The smallest absolute Gasteiger partial charge is 0.242 e. The van der Waals surface area contributed by atoms with Crippen LogP contribution in [0, 0.1) is 0 Å². The molecule has 1 amide bonds. The Labute approximate surface area is 192 Å². The third kappa shape index (κ3) is 5.07. The number of carbonyl (C=O) groups is 1. The molecule has 0 saturated carbocycles. The number of carbonyl (C=O) groups excluding carboxylic acids is 1. The van der Waals surface area contributed by atoms with Crippen LogP contribution in [-0.4, -0.2) is 51.0 Å². The van der Waals surface area contributed by atoms with E-state index >= 15 is 0 Å². The summed E-state index contributed by atoms with van der Waals surface area (Å²) in [6.07, 6.45) is 2.81. The maximum absolute atomic E-state index is 12.7. The molecule has 0 unspecified atom stereocenters. The van der Waals surface area contributed by atoms with E-state index in [1.54, 1.807) is 0 Å². The van der Waals surface area contributed by atoms with Crippen LogP contribution in [0.25, 0.3) is 5.65 Å². The summed E-state index contributed by atoms with van der Waals surface area (Å²) in [6, 6.07) is 14.1. The maximum Gasteiger partial charge on any atom is 0.242 e. The molecule has 9 heteroatoms. The van der Waals surface area contributed by atoms with Gasteiger partial charge in [0.2, 0.25) is 5.91 Å². The number of hydrogen-bond donors (Lipinski definition) is 2. The average molecular weight is 519 g/mol. The van der Waals surface area contributed by atoms with Crippen molar-refractivity contribution in [2.75, 3.05) is 19.6 Å². The van der Waals surface area contributed by atoms with Crippen LogP contribution in [0.4, 0.5) is 0 Å². The Morgan fingerprint density at radius 2 is 1.90 bits per heavy atom. The zero-order chi connectivity index (χ0) is 20.1. The molecule has 0 saturated heterocycles. The van der Waals surface area contributed by atoms with Crippen LogP contribution in [0.2, 0.25) is 0 Å². The lowest BCUT2D eigenvalue weighted by Crippen LogP contribution is -2.46. The van der Waals surface area contributed by atoms with Gasteiger partial charge in [-0.05, 0) is 36.6 Å². The molecular weight excluding hydrogens is 493 g/mol. The number of nitrogens with one attached hydrogen (secondary N) is 2. The van der Waals surface area contributed by atoms with E-state index in [-0.39, 0.29) is 36.4 Å². The molecule has 0 fully saturated rings. The Bertz CT molecular complexity index is 1030. The summed E-state index contributed by atoms with van der Waals surface area (Å²) in [7, 11) is 0. The molecule has 3 aromatic rings. The van der Waals surface area contributed by atoms with E-state index < -0.39 is 0 Å². The van der Waals surface area contributed by atoms with Gasteiger partial charge in [0.15, 0.2) is 17.4 Å². The van der Waals surface area contributed by atoms with Gasteiger partial charge in [0.25, 0.3) is 0 Å². The average Bonchev–Trinajstić information content (AvgIpc) is 3.18. The highest BCUT2D eigenvalue weighted by atomic mass is 127. The second-order valence-corrected chi connectivity index (χ2v) is 6.93. The minimum absolute atomic E-state index is 0. The van der Waals surface area contributed by atoms with Gasteiger partial charge in [-0.1, -0.05) is 30.3 Å². The van der Waals surface area contributed by atoms with Gasteiger partial charge in [0, 0.05) is 25.8 Å². The first-order valence-corrected chi connectivity index (χ1v) is 9.90. The van der Waals surface area contributed by atoms with Gasteiger partial charge in [-0.2, -0.15) is 0 Å². The van der Waals surface area contributed by atoms with Crippen molar-refractivity contribution < 1.29 is 4.79 Å². The molecule has 1 aromatic carbocycles. The Balaban J connectivity index is 0.00000256. The second-order valence-electron chi connectivity index (χ2n) is 6.93.